The number of rotatable bonds is 5. The van der Waals surface area contributed by atoms with Gasteiger partial charge in [-0.2, -0.15) is 0 Å². The van der Waals surface area contributed by atoms with Crippen molar-refractivity contribution in [3.8, 4) is 11.1 Å². The van der Waals surface area contributed by atoms with E-state index in [1.807, 2.05) is 79.7 Å². The Labute approximate surface area is 176 Å². The first-order valence-corrected chi connectivity index (χ1v) is 9.79. The van der Waals surface area contributed by atoms with Gasteiger partial charge in [-0.3, -0.25) is 9.59 Å². The van der Waals surface area contributed by atoms with Gasteiger partial charge >= 0.3 is 0 Å². The highest BCUT2D eigenvalue weighted by molar-refractivity contribution is 6.12. The Morgan fingerprint density at radius 3 is 1.80 bits per heavy atom. The Balaban J connectivity index is 1.80. The van der Waals surface area contributed by atoms with Gasteiger partial charge in [-0.15, -0.1) is 0 Å². The van der Waals surface area contributed by atoms with Crippen molar-refractivity contribution in [2.24, 2.45) is 0 Å². The fraction of sp³-hybridized carbons (Fsp3) is 0.0370. The van der Waals surface area contributed by atoms with Gasteiger partial charge in [0.25, 0.3) is 5.91 Å². The molecule has 4 rings (SSSR count). The number of benzene rings is 4. The van der Waals surface area contributed by atoms with Crippen molar-refractivity contribution in [2.45, 2.75) is 6.92 Å². The molecule has 0 saturated heterocycles. The van der Waals surface area contributed by atoms with E-state index in [9.17, 15) is 9.59 Å². The molecular weight excluding hydrogens is 370 g/mol. The van der Waals surface area contributed by atoms with E-state index in [4.69, 9.17) is 0 Å². The van der Waals surface area contributed by atoms with Crippen LogP contribution in [0.5, 0.6) is 0 Å². The average molecular weight is 391 g/mol. The van der Waals surface area contributed by atoms with E-state index in [2.05, 4.69) is 5.32 Å². The van der Waals surface area contributed by atoms with E-state index in [1.54, 1.807) is 30.3 Å². The summed E-state index contributed by atoms with van der Waals surface area (Å²) in [7, 11) is 0. The van der Waals surface area contributed by atoms with Gasteiger partial charge in [0.05, 0.1) is 0 Å². The van der Waals surface area contributed by atoms with Crippen LogP contribution >= 0.6 is 0 Å². The average Bonchev–Trinajstić information content (AvgIpc) is 2.81. The van der Waals surface area contributed by atoms with Crippen molar-refractivity contribution in [3.05, 3.63) is 125 Å². The quantitative estimate of drug-likeness (QED) is 0.415. The van der Waals surface area contributed by atoms with Crippen molar-refractivity contribution < 1.29 is 9.59 Å². The zero-order valence-corrected chi connectivity index (χ0v) is 16.6. The number of carbonyl (C=O) groups excluding carboxylic acids is 2. The normalized spacial score (nSPS) is 10.4. The van der Waals surface area contributed by atoms with Gasteiger partial charge < -0.3 is 5.32 Å². The Bertz CT molecular complexity index is 1180. The molecule has 0 saturated carbocycles. The Morgan fingerprint density at radius 1 is 0.667 bits per heavy atom. The van der Waals surface area contributed by atoms with E-state index in [0.29, 0.717) is 22.4 Å². The third-order valence-electron chi connectivity index (χ3n) is 5.01. The smallest absolute Gasteiger partial charge is 0.255 e. The van der Waals surface area contributed by atoms with Crippen LogP contribution in [0.3, 0.4) is 0 Å². The van der Waals surface area contributed by atoms with Crippen molar-refractivity contribution in [3.63, 3.8) is 0 Å². The van der Waals surface area contributed by atoms with Crippen molar-refractivity contribution >= 4 is 17.4 Å². The second-order valence-corrected chi connectivity index (χ2v) is 7.09. The molecule has 0 aromatic heterocycles. The molecule has 3 heteroatoms. The Kier molecular flexibility index (Phi) is 5.53. The van der Waals surface area contributed by atoms with Crippen molar-refractivity contribution in [1.29, 1.82) is 0 Å². The van der Waals surface area contributed by atoms with Gasteiger partial charge in [0.1, 0.15) is 0 Å². The highest BCUT2D eigenvalue weighted by atomic mass is 16.1. The van der Waals surface area contributed by atoms with E-state index in [0.717, 1.165) is 16.7 Å². The predicted octanol–water partition coefficient (Wildman–Crippen LogP) is 6.15. The van der Waals surface area contributed by atoms with Gasteiger partial charge in [-0.25, -0.2) is 0 Å². The molecule has 0 radical (unpaired) electrons. The van der Waals surface area contributed by atoms with Crippen LogP contribution in [0.25, 0.3) is 11.1 Å². The number of hydrogen-bond acceptors (Lipinski definition) is 2. The first-order chi connectivity index (χ1) is 14.6. The minimum Gasteiger partial charge on any atom is -0.321 e. The van der Waals surface area contributed by atoms with E-state index in [1.165, 1.54) is 0 Å². The van der Waals surface area contributed by atoms with Crippen molar-refractivity contribution in [2.75, 3.05) is 5.32 Å². The summed E-state index contributed by atoms with van der Waals surface area (Å²) in [5.41, 5.74) is 5.08. The number of hydrogen-bond donors (Lipinski definition) is 1. The fourth-order valence-corrected chi connectivity index (χ4v) is 3.44. The zero-order valence-electron chi connectivity index (χ0n) is 16.6. The third-order valence-corrected chi connectivity index (χ3v) is 5.01. The molecule has 0 heterocycles. The number of carbonyl (C=O) groups is 2. The molecule has 4 aromatic carbocycles. The molecule has 0 unspecified atom stereocenters. The minimum absolute atomic E-state index is 0.0667. The van der Waals surface area contributed by atoms with Crippen LogP contribution < -0.4 is 5.32 Å². The molecule has 1 N–H and O–H groups in total. The van der Waals surface area contributed by atoms with Crippen LogP contribution in [-0.4, -0.2) is 11.7 Å². The standard InChI is InChI=1S/C27H21NO2/c1-19-17-24(20-11-5-2-6-12-20)25(28-27(30)22-15-9-4-10-16-22)18-23(19)26(29)21-13-7-3-8-14-21/h2-18H,1H3,(H,28,30). The van der Waals surface area contributed by atoms with Crippen LogP contribution in [0.2, 0.25) is 0 Å². The molecule has 0 atom stereocenters. The summed E-state index contributed by atoms with van der Waals surface area (Å²) in [5.74, 6) is -0.280. The lowest BCUT2D eigenvalue weighted by Gasteiger charge is -2.16. The topological polar surface area (TPSA) is 46.2 Å². The highest BCUT2D eigenvalue weighted by Crippen LogP contribution is 2.32. The molecule has 1 amide bonds. The molecule has 30 heavy (non-hydrogen) atoms. The van der Waals surface area contributed by atoms with E-state index < -0.39 is 0 Å². The largest absolute Gasteiger partial charge is 0.321 e. The third kappa shape index (κ3) is 4.06. The zero-order chi connectivity index (χ0) is 20.9. The summed E-state index contributed by atoms with van der Waals surface area (Å²) in [6.45, 7) is 1.92. The predicted molar refractivity (Wildman–Crippen MR) is 121 cm³/mol. The molecule has 146 valence electrons. The summed E-state index contributed by atoms with van der Waals surface area (Å²) in [4.78, 5) is 25.9. The Morgan fingerprint density at radius 2 is 1.20 bits per heavy atom. The molecule has 0 fully saturated rings. The Hall–Kier alpha value is -3.98. The maximum Gasteiger partial charge on any atom is 0.255 e. The van der Waals surface area contributed by atoms with Gasteiger partial charge in [-0.05, 0) is 42.3 Å². The highest BCUT2D eigenvalue weighted by Gasteiger charge is 2.17. The molecule has 0 aliphatic heterocycles. The maximum absolute atomic E-state index is 13.1. The van der Waals surface area contributed by atoms with Crippen LogP contribution in [0.4, 0.5) is 5.69 Å². The number of aryl methyl sites for hydroxylation is 1. The monoisotopic (exact) mass is 391 g/mol. The molecule has 0 aliphatic carbocycles. The first kappa shape index (κ1) is 19.3. The lowest BCUT2D eigenvalue weighted by Crippen LogP contribution is -2.14. The van der Waals surface area contributed by atoms with E-state index in [-0.39, 0.29) is 11.7 Å². The lowest BCUT2D eigenvalue weighted by atomic mass is 9.93. The minimum atomic E-state index is -0.213. The molecule has 0 aliphatic rings. The van der Waals surface area contributed by atoms with Crippen LogP contribution in [0.1, 0.15) is 31.8 Å². The molecule has 0 bridgehead atoms. The number of amides is 1. The molecule has 4 aromatic rings. The maximum atomic E-state index is 13.1. The van der Waals surface area contributed by atoms with Gasteiger partial charge in [0.2, 0.25) is 0 Å². The SMILES string of the molecule is Cc1cc(-c2ccccc2)c(NC(=O)c2ccccc2)cc1C(=O)c1ccccc1. The van der Waals surface area contributed by atoms with Gasteiger partial charge in [0, 0.05) is 27.9 Å². The van der Waals surface area contributed by atoms with Gasteiger partial charge in [-0.1, -0.05) is 78.9 Å². The molecule has 3 nitrogen and oxygen atoms in total. The van der Waals surface area contributed by atoms with E-state index >= 15 is 0 Å². The molecule has 0 spiro atoms. The molecular formula is C27H21NO2. The lowest BCUT2D eigenvalue weighted by molar-refractivity contribution is 0.102. The summed E-state index contributed by atoms with van der Waals surface area (Å²) < 4.78 is 0. The number of nitrogens with one attached hydrogen (secondary N) is 1. The van der Waals surface area contributed by atoms with Crippen LogP contribution in [-0.2, 0) is 0 Å². The number of anilines is 1. The van der Waals surface area contributed by atoms with Crippen LogP contribution in [0, 0.1) is 6.92 Å². The summed E-state index contributed by atoms with van der Waals surface area (Å²) in [6, 6.07) is 31.8. The second-order valence-electron chi connectivity index (χ2n) is 7.09. The summed E-state index contributed by atoms with van der Waals surface area (Å²) in [6.07, 6.45) is 0. The second kappa shape index (κ2) is 8.58. The number of ketones is 1. The summed E-state index contributed by atoms with van der Waals surface area (Å²) in [5, 5.41) is 3.01. The first-order valence-electron chi connectivity index (χ1n) is 9.79. The summed E-state index contributed by atoms with van der Waals surface area (Å²) >= 11 is 0. The van der Waals surface area contributed by atoms with Gasteiger partial charge in [0.15, 0.2) is 5.78 Å². The fourth-order valence-electron chi connectivity index (χ4n) is 3.44. The van der Waals surface area contributed by atoms with Crippen molar-refractivity contribution in [1.82, 2.24) is 0 Å². The van der Waals surface area contributed by atoms with Crippen LogP contribution in [0.15, 0.2) is 103 Å².